The standard InChI is InChI=1S/C20H28N4O2.ClH/c1-15(5-6-16-7-9-18(26-2)10-8-16)22-20(25)19-11-13-24(23-19)17-4-3-12-21-14-17;/h7-11,13,15,17,21H,3-6,12,14H2,1-2H3,(H,22,25);1H. The van der Waals surface area contributed by atoms with E-state index in [1.807, 2.05) is 29.9 Å². The number of aromatic nitrogens is 2. The highest BCUT2D eigenvalue weighted by Gasteiger charge is 2.18. The van der Waals surface area contributed by atoms with Crippen LogP contribution in [0.2, 0.25) is 0 Å². The molecular weight excluding hydrogens is 364 g/mol. The molecule has 1 aliphatic heterocycles. The molecule has 6 nitrogen and oxygen atoms in total. The van der Waals surface area contributed by atoms with Gasteiger partial charge >= 0.3 is 0 Å². The molecule has 27 heavy (non-hydrogen) atoms. The van der Waals surface area contributed by atoms with Gasteiger partial charge in [0.15, 0.2) is 0 Å². The third-order valence-corrected chi connectivity index (χ3v) is 4.89. The van der Waals surface area contributed by atoms with E-state index in [2.05, 4.69) is 27.9 Å². The fourth-order valence-corrected chi connectivity index (χ4v) is 3.27. The maximum Gasteiger partial charge on any atom is 0.271 e. The lowest BCUT2D eigenvalue weighted by Crippen LogP contribution is -2.34. The van der Waals surface area contributed by atoms with Gasteiger partial charge in [0.25, 0.3) is 5.91 Å². The number of halogens is 1. The molecule has 1 saturated heterocycles. The van der Waals surface area contributed by atoms with Crippen LogP contribution in [0.3, 0.4) is 0 Å². The zero-order chi connectivity index (χ0) is 18.4. The van der Waals surface area contributed by atoms with Crippen molar-refractivity contribution in [2.75, 3.05) is 20.2 Å². The van der Waals surface area contributed by atoms with Gasteiger partial charge < -0.3 is 15.4 Å². The number of benzene rings is 1. The molecule has 1 aromatic heterocycles. The fourth-order valence-electron chi connectivity index (χ4n) is 3.27. The van der Waals surface area contributed by atoms with E-state index in [9.17, 15) is 4.79 Å². The van der Waals surface area contributed by atoms with Gasteiger partial charge in [-0.1, -0.05) is 12.1 Å². The zero-order valence-electron chi connectivity index (χ0n) is 16.0. The molecule has 3 rings (SSSR count). The molecule has 2 N–H and O–H groups in total. The lowest BCUT2D eigenvalue weighted by molar-refractivity contribution is 0.0932. The molecule has 2 unspecified atom stereocenters. The van der Waals surface area contributed by atoms with Crippen LogP contribution in [0.25, 0.3) is 0 Å². The predicted octanol–water partition coefficient (Wildman–Crippen LogP) is 2.99. The van der Waals surface area contributed by atoms with E-state index in [1.54, 1.807) is 13.2 Å². The number of piperidine rings is 1. The number of nitrogens with zero attached hydrogens (tertiary/aromatic N) is 2. The number of ether oxygens (including phenoxy) is 1. The summed E-state index contributed by atoms with van der Waals surface area (Å²) in [5.74, 6) is 0.758. The summed E-state index contributed by atoms with van der Waals surface area (Å²) in [6.45, 7) is 4.02. The van der Waals surface area contributed by atoms with Crippen molar-refractivity contribution in [2.45, 2.75) is 44.7 Å². The van der Waals surface area contributed by atoms with Crippen molar-refractivity contribution in [3.63, 3.8) is 0 Å². The molecule has 148 valence electrons. The van der Waals surface area contributed by atoms with Gasteiger partial charge in [-0.25, -0.2) is 0 Å². The first-order valence-electron chi connectivity index (χ1n) is 9.35. The average Bonchev–Trinajstić information content (AvgIpc) is 3.18. The number of hydrogen-bond donors (Lipinski definition) is 2. The summed E-state index contributed by atoms with van der Waals surface area (Å²) in [5, 5.41) is 10.9. The van der Waals surface area contributed by atoms with Crippen LogP contribution >= 0.6 is 12.4 Å². The maximum atomic E-state index is 12.4. The van der Waals surface area contributed by atoms with Gasteiger partial charge in [-0.3, -0.25) is 9.48 Å². The summed E-state index contributed by atoms with van der Waals surface area (Å²) in [6, 6.07) is 10.3. The highest BCUT2D eigenvalue weighted by Crippen LogP contribution is 2.16. The maximum absolute atomic E-state index is 12.4. The Morgan fingerprint density at radius 2 is 2.15 bits per heavy atom. The summed E-state index contributed by atoms with van der Waals surface area (Å²) in [4.78, 5) is 12.4. The summed E-state index contributed by atoms with van der Waals surface area (Å²) < 4.78 is 7.09. The molecule has 1 aliphatic rings. The van der Waals surface area contributed by atoms with Crippen molar-refractivity contribution in [3.05, 3.63) is 47.8 Å². The molecule has 7 heteroatoms. The first kappa shape index (κ1) is 21.3. The van der Waals surface area contributed by atoms with Gasteiger partial charge in [0.2, 0.25) is 0 Å². The second kappa shape index (κ2) is 10.3. The summed E-state index contributed by atoms with van der Waals surface area (Å²) in [7, 11) is 1.67. The summed E-state index contributed by atoms with van der Waals surface area (Å²) in [6.07, 6.45) is 5.95. The number of aryl methyl sites for hydroxylation is 1. The van der Waals surface area contributed by atoms with Crippen LogP contribution in [0.1, 0.15) is 48.3 Å². The van der Waals surface area contributed by atoms with Gasteiger partial charge in [0, 0.05) is 18.8 Å². The number of nitrogens with one attached hydrogen (secondary N) is 2. The van der Waals surface area contributed by atoms with E-state index < -0.39 is 0 Å². The van der Waals surface area contributed by atoms with Crippen molar-refractivity contribution in [1.29, 1.82) is 0 Å². The molecule has 1 aromatic carbocycles. The Morgan fingerprint density at radius 1 is 1.37 bits per heavy atom. The number of methoxy groups -OCH3 is 1. The van der Waals surface area contributed by atoms with Crippen LogP contribution in [-0.4, -0.2) is 41.9 Å². The van der Waals surface area contributed by atoms with E-state index >= 15 is 0 Å². The lowest BCUT2D eigenvalue weighted by atomic mass is 10.1. The Kier molecular flexibility index (Phi) is 8.13. The number of carbonyl (C=O) groups is 1. The SMILES string of the molecule is COc1ccc(CCC(C)NC(=O)c2ccn(C3CCCNC3)n2)cc1.Cl. The van der Waals surface area contributed by atoms with Crippen LogP contribution in [-0.2, 0) is 6.42 Å². The van der Waals surface area contributed by atoms with Crippen LogP contribution in [0.5, 0.6) is 5.75 Å². The quantitative estimate of drug-likeness (QED) is 0.760. The number of rotatable bonds is 7. The lowest BCUT2D eigenvalue weighted by Gasteiger charge is -2.22. The normalized spacial score (nSPS) is 17.6. The Labute approximate surface area is 167 Å². The van der Waals surface area contributed by atoms with Crippen molar-refractivity contribution < 1.29 is 9.53 Å². The van der Waals surface area contributed by atoms with Crippen LogP contribution in [0.4, 0.5) is 0 Å². The molecule has 0 spiro atoms. The van der Waals surface area contributed by atoms with Crippen LogP contribution in [0.15, 0.2) is 36.5 Å². The molecule has 0 saturated carbocycles. The highest BCUT2D eigenvalue weighted by molar-refractivity contribution is 5.92. The first-order valence-corrected chi connectivity index (χ1v) is 9.35. The Balaban J connectivity index is 0.00000261. The summed E-state index contributed by atoms with van der Waals surface area (Å²) in [5.41, 5.74) is 1.73. The van der Waals surface area contributed by atoms with Crippen LogP contribution < -0.4 is 15.4 Å². The van der Waals surface area contributed by atoms with E-state index in [4.69, 9.17) is 4.74 Å². The molecule has 0 bridgehead atoms. The van der Waals surface area contributed by atoms with Gasteiger partial charge in [-0.2, -0.15) is 5.10 Å². The Morgan fingerprint density at radius 3 is 2.81 bits per heavy atom. The minimum atomic E-state index is -0.102. The minimum Gasteiger partial charge on any atom is -0.497 e. The van der Waals surface area contributed by atoms with Gasteiger partial charge in [-0.15, -0.1) is 12.4 Å². The highest BCUT2D eigenvalue weighted by atomic mass is 35.5. The van der Waals surface area contributed by atoms with Gasteiger partial charge in [0.1, 0.15) is 11.4 Å². The van der Waals surface area contributed by atoms with E-state index in [0.717, 1.165) is 44.5 Å². The molecule has 2 atom stereocenters. The largest absolute Gasteiger partial charge is 0.497 e. The molecule has 1 fully saturated rings. The number of hydrogen-bond acceptors (Lipinski definition) is 4. The third-order valence-electron chi connectivity index (χ3n) is 4.89. The molecule has 0 radical (unpaired) electrons. The molecule has 0 aliphatic carbocycles. The Bertz CT molecular complexity index is 711. The predicted molar refractivity (Wildman–Crippen MR) is 109 cm³/mol. The van der Waals surface area contributed by atoms with Crippen LogP contribution in [0, 0.1) is 0 Å². The second-order valence-corrected chi connectivity index (χ2v) is 6.94. The first-order chi connectivity index (χ1) is 12.7. The molecule has 2 aromatic rings. The van der Waals surface area contributed by atoms with Crippen molar-refractivity contribution in [3.8, 4) is 5.75 Å². The molecular formula is C20H29ClN4O2. The number of carbonyl (C=O) groups excluding carboxylic acids is 1. The topological polar surface area (TPSA) is 68.2 Å². The molecule has 1 amide bonds. The van der Waals surface area contributed by atoms with Crippen molar-refractivity contribution >= 4 is 18.3 Å². The van der Waals surface area contributed by atoms with Crippen molar-refractivity contribution in [2.24, 2.45) is 0 Å². The average molecular weight is 393 g/mol. The van der Waals surface area contributed by atoms with Crippen molar-refractivity contribution in [1.82, 2.24) is 20.4 Å². The van der Waals surface area contributed by atoms with E-state index in [-0.39, 0.29) is 24.4 Å². The van der Waals surface area contributed by atoms with Gasteiger partial charge in [0.05, 0.1) is 13.2 Å². The van der Waals surface area contributed by atoms with E-state index in [1.165, 1.54) is 5.56 Å². The zero-order valence-corrected chi connectivity index (χ0v) is 16.8. The Hall–Kier alpha value is -2.05. The summed E-state index contributed by atoms with van der Waals surface area (Å²) >= 11 is 0. The van der Waals surface area contributed by atoms with E-state index in [0.29, 0.717) is 11.7 Å². The molecule has 2 heterocycles. The number of amides is 1. The second-order valence-electron chi connectivity index (χ2n) is 6.94. The van der Waals surface area contributed by atoms with Gasteiger partial charge in [-0.05, 0) is 62.9 Å². The smallest absolute Gasteiger partial charge is 0.271 e. The minimum absolute atomic E-state index is 0. The third kappa shape index (κ3) is 5.97. The fraction of sp³-hybridized carbons (Fsp3) is 0.500. The monoisotopic (exact) mass is 392 g/mol.